The quantitative estimate of drug-likeness (QED) is 0.445. The van der Waals surface area contributed by atoms with Crippen LogP contribution in [0.3, 0.4) is 0 Å². The van der Waals surface area contributed by atoms with Gasteiger partial charge in [0.25, 0.3) is 0 Å². The maximum absolute atomic E-state index is 13.9. The molecule has 0 saturated carbocycles. The van der Waals surface area contributed by atoms with Gasteiger partial charge in [-0.2, -0.15) is 8.78 Å². The molecule has 6 heteroatoms. The standard InChI is InChI=1S/C18H26F4O2/c1-3-5-7-13(19)11-23-15-9-10-16(18(22)17(15)21)24-12-14(20)8-6-4-2/h9-10,13-14H,3-8,11-12H2,1-2H3. The fourth-order valence-electron chi connectivity index (χ4n) is 2.12. The molecule has 0 spiro atoms. The Morgan fingerprint density at radius 2 is 1.17 bits per heavy atom. The summed E-state index contributed by atoms with van der Waals surface area (Å²) in [4.78, 5) is 0. The van der Waals surface area contributed by atoms with Gasteiger partial charge in [-0.15, -0.1) is 0 Å². The number of benzene rings is 1. The maximum atomic E-state index is 13.9. The molecular formula is C18H26F4O2. The fourth-order valence-corrected chi connectivity index (χ4v) is 2.12. The van der Waals surface area contributed by atoms with Crippen LogP contribution in [-0.4, -0.2) is 25.6 Å². The summed E-state index contributed by atoms with van der Waals surface area (Å²) in [7, 11) is 0. The molecule has 0 N–H and O–H groups in total. The van der Waals surface area contributed by atoms with Gasteiger partial charge >= 0.3 is 0 Å². The van der Waals surface area contributed by atoms with Crippen LogP contribution >= 0.6 is 0 Å². The molecule has 0 aliphatic carbocycles. The van der Waals surface area contributed by atoms with Gasteiger partial charge in [0.1, 0.15) is 25.6 Å². The fraction of sp³-hybridized carbons (Fsp3) is 0.667. The second-order valence-electron chi connectivity index (χ2n) is 5.79. The lowest BCUT2D eigenvalue weighted by Crippen LogP contribution is -2.15. The van der Waals surface area contributed by atoms with Crippen LogP contribution in [0.15, 0.2) is 12.1 Å². The minimum absolute atomic E-state index is 0.317. The van der Waals surface area contributed by atoms with Gasteiger partial charge in [0.15, 0.2) is 11.5 Å². The zero-order chi connectivity index (χ0) is 17.9. The minimum atomic E-state index is -1.25. The summed E-state index contributed by atoms with van der Waals surface area (Å²) >= 11 is 0. The first-order chi connectivity index (χ1) is 11.5. The Hall–Kier alpha value is -1.46. The first-order valence-corrected chi connectivity index (χ1v) is 8.51. The molecular weight excluding hydrogens is 324 g/mol. The summed E-state index contributed by atoms with van der Waals surface area (Å²) in [5.74, 6) is -3.25. The zero-order valence-electron chi connectivity index (χ0n) is 14.3. The predicted molar refractivity (Wildman–Crippen MR) is 86.2 cm³/mol. The lowest BCUT2D eigenvalue weighted by atomic mass is 10.2. The van der Waals surface area contributed by atoms with Gasteiger partial charge in [-0.25, -0.2) is 8.78 Å². The Balaban J connectivity index is 2.56. The van der Waals surface area contributed by atoms with Gasteiger partial charge in [-0.05, 0) is 25.0 Å². The number of ether oxygens (including phenoxy) is 2. The third kappa shape index (κ3) is 6.97. The first kappa shape index (κ1) is 20.6. The van der Waals surface area contributed by atoms with E-state index in [0.717, 1.165) is 12.8 Å². The number of halogens is 4. The van der Waals surface area contributed by atoms with E-state index in [1.165, 1.54) is 12.1 Å². The largest absolute Gasteiger partial charge is 0.487 e. The SMILES string of the molecule is CCCCC(F)COc1ccc(OCC(F)CCCC)c(F)c1F. The predicted octanol–water partition coefficient (Wildman–Crippen LogP) is 5.78. The molecule has 0 fully saturated rings. The molecule has 1 aromatic carbocycles. The van der Waals surface area contributed by atoms with Crippen molar-refractivity contribution < 1.29 is 27.0 Å². The smallest absolute Gasteiger partial charge is 0.204 e. The van der Waals surface area contributed by atoms with E-state index in [9.17, 15) is 17.6 Å². The normalized spacial score (nSPS) is 13.6. The van der Waals surface area contributed by atoms with Crippen LogP contribution < -0.4 is 9.47 Å². The van der Waals surface area contributed by atoms with E-state index in [1.54, 1.807) is 0 Å². The van der Waals surface area contributed by atoms with Crippen molar-refractivity contribution in [2.75, 3.05) is 13.2 Å². The van der Waals surface area contributed by atoms with Crippen LogP contribution in [0.4, 0.5) is 17.6 Å². The zero-order valence-corrected chi connectivity index (χ0v) is 14.3. The second-order valence-corrected chi connectivity index (χ2v) is 5.79. The average Bonchev–Trinajstić information content (AvgIpc) is 2.58. The molecule has 138 valence electrons. The summed E-state index contributed by atoms with van der Waals surface area (Å²) < 4.78 is 64.8. The lowest BCUT2D eigenvalue weighted by Gasteiger charge is -2.14. The number of hydrogen-bond donors (Lipinski definition) is 0. The van der Waals surface area contributed by atoms with Gasteiger partial charge in [0, 0.05) is 0 Å². The number of hydrogen-bond acceptors (Lipinski definition) is 2. The van der Waals surface area contributed by atoms with Crippen molar-refractivity contribution in [3.05, 3.63) is 23.8 Å². The van der Waals surface area contributed by atoms with E-state index in [-0.39, 0.29) is 24.7 Å². The molecule has 0 radical (unpaired) electrons. The number of rotatable bonds is 12. The maximum Gasteiger partial charge on any atom is 0.204 e. The molecule has 2 atom stereocenters. The molecule has 0 aliphatic rings. The van der Waals surface area contributed by atoms with E-state index >= 15 is 0 Å². The highest BCUT2D eigenvalue weighted by atomic mass is 19.2. The highest BCUT2D eigenvalue weighted by Gasteiger charge is 2.18. The minimum Gasteiger partial charge on any atom is -0.487 e. The highest BCUT2D eigenvalue weighted by Crippen LogP contribution is 2.28. The van der Waals surface area contributed by atoms with E-state index in [1.807, 2.05) is 13.8 Å². The van der Waals surface area contributed by atoms with Gasteiger partial charge in [0.05, 0.1) is 0 Å². The van der Waals surface area contributed by atoms with Crippen LogP contribution in [-0.2, 0) is 0 Å². The van der Waals surface area contributed by atoms with Crippen LogP contribution in [0.1, 0.15) is 52.4 Å². The summed E-state index contributed by atoms with van der Waals surface area (Å²) in [6.07, 6.45) is 1.29. The van der Waals surface area contributed by atoms with Crippen LogP contribution in [0.2, 0.25) is 0 Å². The Morgan fingerprint density at radius 1 is 0.792 bits per heavy atom. The van der Waals surface area contributed by atoms with Crippen molar-refractivity contribution in [2.45, 2.75) is 64.7 Å². The molecule has 24 heavy (non-hydrogen) atoms. The number of unbranched alkanes of at least 4 members (excludes halogenated alkanes) is 2. The van der Waals surface area contributed by atoms with Crippen LogP contribution in [0, 0.1) is 11.6 Å². The van der Waals surface area contributed by atoms with E-state index in [2.05, 4.69) is 0 Å². The van der Waals surface area contributed by atoms with Gasteiger partial charge in [-0.3, -0.25) is 0 Å². The van der Waals surface area contributed by atoms with Crippen molar-refractivity contribution in [3.63, 3.8) is 0 Å². The molecule has 1 rings (SSSR count). The summed E-state index contributed by atoms with van der Waals surface area (Å²) in [6, 6.07) is 2.33. The topological polar surface area (TPSA) is 18.5 Å². The van der Waals surface area contributed by atoms with Gasteiger partial charge in [0.2, 0.25) is 11.6 Å². The van der Waals surface area contributed by atoms with Crippen molar-refractivity contribution in [1.29, 1.82) is 0 Å². The van der Waals surface area contributed by atoms with Crippen LogP contribution in [0.5, 0.6) is 11.5 Å². The van der Waals surface area contributed by atoms with Crippen LogP contribution in [0.25, 0.3) is 0 Å². The average molecular weight is 350 g/mol. The van der Waals surface area contributed by atoms with Crippen molar-refractivity contribution in [2.24, 2.45) is 0 Å². The molecule has 1 aromatic rings. The summed E-state index contributed by atoms with van der Waals surface area (Å²) in [5, 5.41) is 0. The molecule has 2 nitrogen and oxygen atoms in total. The van der Waals surface area contributed by atoms with Crippen molar-refractivity contribution in [3.8, 4) is 11.5 Å². The molecule has 0 saturated heterocycles. The molecule has 0 amide bonds. The highest BCUT2D eigenvalue weighted by molar-refractivity contribution is 5.35. The van der Waals surface area contributed by atoms with Gasteiger partial charge in [-0.1, -0.05) is 39.5 Å². The lowest BCUT2D eigenvalue weighted by molar-refractivity contribution is 0.170. The summed E-state index contributed by atoms with van der Waals surface area (Å²) in [6.45, 7) is 3.21. The third-order valence-electron chi connectivity index (χ3n) is 3.59. The molecule has 0 heterocycles. The Morgan fingerprint density at radius 3 is 1.50 bits per heavy atom. The molecule has 2 unspecified atom stereocenters. The second kappa shape index (κ2) is 11.2. The Bertz CT molecular complexity index is 439. The number of alkyl halides is 2. The molecule has 0 aromatic heterocycles. The summed E-state index contributed by atoms with van der Waals surface area (Å²) in [5.41, 5.74) is 0. The van der Waals surface area contributed by atoms with E-state index < -0.39 is 24.0 Å². The molecule has 0 bridgehead atoms. The van der Waals surface area contributed by atoms with Crippen molar-refractivity contribution in [1.82, 2.24) is 0 Å². The Labute approximate surface area is 141 Å². The Kier molecular flexibility index (Phi) is 9.57. The van der Waals surface area contributed by atoms with Gasteiger partial charge < -0.3 is 9.47 Å². The monoisotopic (exact) mass is 350 g/mol. The first-order valence-electron chi connectivity index (χ1n) is 8.51. The van der Waals surface area contributed by atoms with Crippen molar-refractivity contribution >= 4 is 0 Å². The van der Waals surface area contributed by atoms with E-state index in [0.29, 0.717) is 25.7 Å². The van der Waals surface area contributed by atoms with E-state index in [4.69, 9.17) is 9.47 Å². The third-order valence-corrected chi connectivity index (χ3v) is 3.59. The molecule has 0 aliphatic heterocycles.